The number of hydrogen-bond donors (Lipinski definition) is 1. The molecule has 0 bridgehead atoms. The van der Waals surface area contributed by atoms with Gasteiger partial charge >= 0.3 is 0 Å². The summed E-state index contributed by atoms with van der Waals surface area (Å²) < 4.78 is 0. The molecule has 20 heavy (non-hydrogen) atoms. The van der Waals surface area contributed by atoms with Crippen molar-refractivity contribution in [2.75, 3.05) is 7.05 Å². The number of benzene rings is 1. The summed E-state index contributed by atoms with van der Waals surface area (Å²) in [6.45, 7) is 2.26. The average Bonchev–Trinajstić information content (AvgIpc) is 3.00. The minimum atomic E-state index is 0.538. The molecule has 0 aromatic heterocycles. The van der Waals surface area contributed by atoms with Gasteiger partial charge in [-0.2, -0.15) is 0 Å². The van der Waals surface area contributed by atoms with Gasteiger partial charge in [-0.3, -0.25) is 0 Å². The van der Waals surface area contributed by atoms with Crippen molar-refractivity contribution in [1.29, 1.82) is 0 Å². The Kier molecular flexibility index (Phi) is 6.59. The predicted molar refractivity (Wildman–Crippen MR) is 88.0 cm³/mol. The molecule has 2 rings (SSSR count). The van der Waals surface area contributed by atoms with Crippen LogP contribution in [-0.4, -0.2) is 7.05 Å². The molecule has 0 saturated heterocycles. The van der Waals surface area contributed by atoms with Crippen LogP contribution >= 0.6 is 0 Å². The second kappa shape index (κ2) is 8.46. The summed E-state index contributed by atoms with van der Waals surface area (Å²) in [4.78, 5) is 0. The molecule has 0 heterocycles. The van der Waals surface area contributed by atoms with Gasteiger partial charge in [-0.25, -0.2) is 0 Å². The molecule has 0 aliphatic heterocycles. The van der Waals surface area contributed by atoms with Gasteiger partial charge in [-0.05, 0) is 49.8 Å². The van der Waals surface area contributed by atoms with E-state index in [4.69, 9.17) is 0 Å². The number of nitrogens with one attached hydrogen (secondary N) is 1. The average molecular weight is 273 g/mol. The Hall–Kier alpha value is -0.820. The molecule has 1 aromatic carbocycles. The maximum Gasteiger partial charge on any atom is 0.0317 e. The van der Waals surface area contributed by atoms with E-state index in [0.717, 1.165) is 5.92 Å². The Morgan fingerprint density at radius 2 is 1.85 bits per heavy atom. The Bertz CT molecular complexity index is 362. The third-order valence-corrected chi connectivity index (χ3v) is 4.89. The molecule has 1 N–H and O–H groups in total. The molecule has 1 aliphatic carbocycles. The van der Waals surface area contributed by atoms with Crippen molar-refractivity contribution in [1.82, 2.24) is 5.32 Å². The van der Waals surface area contributed by atoms with Crippen LogP contribution in [0.15, 0.2) is 24.3 Å². The fourth-order valence-corrected chi connectivity index (χ4v) is 3.48. The zero-order valence-corrected chi connectivity index (χ0v) is 13.3. The zero-order chi connectivity index (χ0) is 14.2. The molecular formula is C19H31N. The van der Waals surface area contributed by atoms with Gasteiger partial charge in [-0.1, -0.05) is 63.3 Å². The summed E-state index contributed by atoms with van der Waals surface area (Å²) in [6.07, 6.45) is 12.3. The summed E-state index contributed by atoms with van der Waals surface area (Å²) in [5.41, 5.74) is 2.95. The molecule has 1 atom stereocenters. The molecule has 0 radical (unpaired) electrons. The van der Waals surface area contributed by atoms with Crippen LogP contribution in [-0.2, 0) is 6.42 Å². The van der Waals surface area contributed by atoms with Crippen LogP contribution < -0.4 is 5.32 Å². The lowest BCUT2D eigenvalue weighted by molar-refractivity contribution is 0.427. The number of aryl methyl sites for hydroxylation is 1. The van der Waals surface area contributed by atoms with Crippen LogP contribution in [0, 0.1) is 5.92 Å². The zero-order valence-electron chi connectivity index (χ0n) is 13.3. The third-order valence-electron chi connectivity index (χ3n) is 4.89. The second-order valence-corrected chi connectivity index (χ2v) is 6.41. The lowest BCUT2D eigenvalue weighted by Crippen LogP contribution is -2.17. The van der Waals surface area contributed by atoms with Crippen LogP contribution in [0.1, 0.15) is 75.5 Å². The SMILES string of the molecule is CCCCc1ccc(C(CCC2CCCC2)NC)cc1. The molecule has 0 amide bonds. The molecule has 1 unspecified atom stereocenters. The van der Waals surface area contributed by atoms with E-state index in [0.29, 0.717) is 6.04 Å². The van der Waals surface area contributed by atoms with Crippen LogP contribution in [0.4, 0.5) is 0 Å². The van der Waals surface area contributed by atoms with Crippen LogP contribution in [0.2, 0.25) is 0 Å². The third kappa shape index (κ3) is 4.63. The van der Waals surface area contributed by atoms with Crippen LogP contribution in [0.25, 0.3) is 0 Å². The minimum Gasteiger partial charge on any atom is -0.313 e. The predicted octanol–water partition coefficient (Wildman–Crippen LogP) is 5.26. The van der Waals surface area contributed by atoms with E-state index in [-0.39, 0.29) is 0 Å². The van der Waals surface area contributed by atoms with E-state index >= 15 is 0 Å². The lowest BCUT2D eigenvalue weighted by atomic mass is 9.94. The van der Waals surface area contributed by atoms with Crippen LogP contribution in [0.3, 0.4) is 0 Å². The summed E-state index contributed by atoms with van der Waals surface area (Å²) in [5, 5.41) is 3.50. The van der Waals surface area contributed by atoms with E-state index < -0.39 is 0 Å². The van der Waals surface area contributed by atoms with Gasteiger partial charge in [0.2, 0.25) is 0 Å². The first-order valence-corrected chi connectivity index (χ1v) is 8.59. The maximum atomic E-state index is 3.50. The van der Waals surface area contributed by atoms with Crippen molar-refractivity contribution in [3.8, 4) is 0 Å². The highest BCUT2D eigenvalue weighted by Gasteiger charge is 2.17. The van der Waals surface area contributed by atoms with Gasteiger partial charge in [0, 0.05) is 6.04 Å². The highest BCUT2D eigenvalue weighted by atomic mass is 14.9. The van der Waals surface area contributed by atoms with Crippen molar-refractivity contribution in [2.45, 2.75) is 70.8 Å². The molecule has 1 saturated carbocycles. The minimum absolute atomic E-state index is 0.538. The topological polar surface area (TPSA) is 12.0 Å². The maximum absolute atomic E-state index is 3.50. The fourth-order valence-electron chi connectivity index (χ4n) is 3.48. The first-order chi connectivity index (χ1) is 9.83. The Morgan fingerprint density at radius 3 is 2.45 bits per heavy atom. The molecule has 1 heteroatoms. The molecule has 1 aliphatic rings. The first-order valence-electron chi connectivity index (χ1n) is 8.59. The molecule has 1 nitrogen and oxygen atoms in total. The van der Waals surface area contributed by atoms with Gasteiger partial charge in [0.15, 0.2) is 0 Å². The summed E-state index contributed by atoms with van der Waals surface area (Å²) >= 11 is 0. The molecule has 112 valence electrons. The van der Waals surface area contributed by atoms with Gasteiger partial charge in [-0.15, -0.1) is 0 Å². The molecule has 1 fully saturated rings. The van der Waals surface area contributed by atoms with E-state index in [2.05, 4.69) is 43.6 Å². The lowest BCUT2D eigenvalue weighted by Gasteiger charge is -2.19. The van der Waals surface area contributed by atoms with Gasteiger partial charge in [0.05, 0.1) is 0 Å². The van der Waals surface area contributed by atoms with Crippen molar-refractivity contribution >= 4 is 0 Å². The van der Waals surface area contributed by atoms with Gasteiger partial charge < -0.3 is 5.32 Å². The van der Waals surface area contributed by atoms with E-state index in [1.165, 1.54) is 68.9 Å². The Morgan fingerprint density at radius 1 is 1.15 bits per heavy atom. The fraction of sp³-hybridized carbons (Fsp3) is 0.684. The first kappa shape index (κ1) is 15.6. The smallest absolute Gasteiger partial charge is 0.0317 e. The largest absolute Gasteiger partial charge is 0.313 e. The van der Waals surface area contributed by atoms with E-state index in [1.54, 1.807) is 0 Å². The standard InChI is InChI=1S/C19H31N/c1-3-4-7-17-10-13-18(14-11-17)19(20-2)15-12-16-8-5-6-9-16/h10-11,13-14,16,19-20H,3-9,12,15H2,1-2H3. The monoisotopic (exact) mass is 273 g/mol. The summed E-state index contributed by atoms with van der Waals surface area (Å²) in [5.74, 6) is 0.995. The van der Waals surface area contributed by atoms with Crippen molar-refractivity contribution in [3.05, 3.63) is 35.4 Å². The molecular weight excluding hydrogens is 242 g/mol. The van der Waals surface area contributed by atoms with E-state index in [9.17, 15) is 0 Å². The van der Waals surface area contributed by atoms with Gasteiger partial charge in [0.25, 0.3) is 0 Å². The van der Waals surface area contributed by atoms with Gasteiger partial charge in [0.1, 0.15) is 0 Å². The number of unbranched alkanes of at least 4 members (excludes halogenated alkanes) is 1. The highest BCUT2D eigenvalue weighted by Crippen LogP contribution is 2.31. The second-order valence-electron chi connectivity index (χ2n) is 6.41. The highest BCUT2D eigenvalue weighted by molar-refractivity contribution is 5.25. The number of rotatable bonds is 8. The Balaban J connectivity index is 1.85. The molecule has 0 spiro atoms. The summed E-state index contributed by atoms with van der Waals surface area (Å²) in [7, 11) is 2.10. The summed E-state index contributed by atoms with van der Waals surface area (Å²) in [6, 6.07) is 9.85. The van der Waals surface area contributed by atoms with Crippen molar-refractivity contribution < 1.29 is 0 Å². The van der Waals surface area contributed by atoms with Crippen LogP contribution in [0.5, 0.6) is 0 Å². The van der Waals surface area contributed by atoms with Crippen molar-refractivity contribution in [2.24, 2.45) is 5.92 Å². The van der Waals surface area contributed by atoms with E-state index in [1.807, 2.05) is 0 Å². The van der Waals surface area contributed by atoms with Crippen molar-refractivity contribution in [3.63, 3.8) is 0 Å². The molecule has 1 aromatic rings. The normalized spacial score (nSPS) is 17.5. The number of hydrogen-bond acceptors (Lipinski definition) is 1. The quantitative estimate of drug-likeness (QED) is 0.681. The Labute approximate surface area is 125 Å².